The number of nitriles is 1. The number of benzene rings is 2. The Morgan fingerprint density at radius 1 is 1.19 bits per heavy atom. The standard InChI is InChI=1S/C16H11N5/c1-21-14-5-3-2-4-12(14)18-16(21)15-11-7-6-10(9-17)8-13(11)19-20-15/h2-8H,1H3,(H,19,20). The maximum absolute atomic E-state index is 8.96. The number of imidazole rings is 1. The normalized spacial score (nSPS) is 11.0. The number of para-hydroxylation sites is 2. The van der Waals surface area contributed by atoms with Crippen molar-refractivity contribution in [3.8, 4) is 17.6 Å². The van der Waals surface area contributed by atoms with Gasteiger partial charge in [0.1, 0.15) is 5.69 Å². The van der Waals surface area contributed by atoms with E-state index in [1.165, 1.54) is 0 Å². The van der Waals surface area contributed by atoms with Crippen LogP contribution in [0.5, 0.6) is 0 Å². The lowest BCUT2D eigenvalue weighted by Gasteiger charge is -1.99. The van der Waals surface area contributed by atoms with Crippen LogP contribution in [-0.2, 0) is 7.05 Å². The Morgan fingerprint density at radius 3 is 2.86 bits per heavy atom. The molecule has 4 rings (SSSR count). The van der Waals surface area contributed by atoms with Crippen LogP contribution in [0.4, 0.5) is 0 Å². The molecule has 1 N–H and O–H groups in total. The molecule has 5 nitrogen and oxygen atoms in total. The predicted octanol–water partition coefficient (Wildman–Crippen LogP) is 2.99. The molecular weight excluding hydrogens is 262 g/mol. The summed E-state index contributed by atoms with van der Waals surface area (Å²) in [5, 5.41) is 17.3. The second-order valence-electron chi connectivity index (χ2n) is 4.93. The Balaban J connectivity index is 2.01. The van der Waals surface area contributed by atoms with Gasteiger partial charge in [0.15, 0.2) is 5.82 Å². The van der Waals surface area contributed by atoms with Crippen molar-refractivity contribution in [3.63, 3.8) is 0 Å². The average Bonchev–Trinajstić information content (AvgIpc) is 3.08. The fourth-order valence-electron chi connectivity index (χ4n) is 2.62. The molecule has 0 spiro atoms. The number of rotatable bonds is 1. The van der Waals surface area contributed by atoms with Crippen molar-refractivity contribution in [1.29, 1.82) is 5.26 Å². The Bertz CT molecular complexity index is 1020. The first-order chi connectivity index (χ1) is 10.3. The minimum atomic E-state index is 0.614. The van der Waals surface area contributed by atoms with E-state index in [0.29, 0.717) is 5.56 Å². The Labute approximate surface area is 120 Å². The fraction of sp³-hybridized carbons (Fsp3) is 0.0625. The van der Waals surface area contributed by atoms with E-state index >= 15 is 0 Å². The molecule has 0 aliphatic rings. The highest BCUT2D eigenvalue weighted by molar-refractivity contribution is 5.94. The third-order valence-electron chi connectivity index (χ3n) is 3.69. The Hall–Kier alpha value is -3.13. The molecule has 0 amide bonds. The van der Waals surface area contributed by atoms with Gasteiger partial charge < -0.3 is 4.57 Å². The van der Waals surface area contributed by atoms with Gasteiger partial charge in [-0.15, -0.1) is 0 Å². The zero-order valence-corrected chi connectivity index (χ0v) is 11.3. The van der Waals surface area contributed by atoms with Crippen LogP contribution in [0.3, 0.4) is 0 Å². The van der Waals surface area contributed by atoms with Crippen molar-refractivity contribution in [2.45, 2.75) is 0 Å². The molecule has 2 heterocycles. The molecule has 0 bridgehead atoms. The van der Waals surface area contributed by atoms with Gasteiger partial charge in [0.05, 0.1) is 28.2 Å². The molecule has 0 aliphatic heterocycles. The molecular formula is C16H11N5. The van der Waals surface area contributed by atoms with Gasteiger partial charge in [-0.25, -0.2) is 4.98 Å². The summed E-state index contributed by atoms with van der Waals surface area (Å²) >= 11 is 0. The maximum atomic E-state index is 8.96. The van der Waals surface area contributed by atoms with Gasteiger partial charge in [-0.05, 0) is 30.3 Å². The van der Waals surface area contributed by atoms with Crippen LogP contribution < -0.4 is 0 Å². The van der Waals surface area contributed by atoms with Gasteiger partial charge in [-0.1, -0.05) is 12.1 Å². The number of hydrogen-bond donors (Lipinski definition) is 1. The lowest BCUT2D eigenvalue weighted by molar-refractivity contribution is 0.946. The summed E-state index contributed by atoms with van der Waals surface area (Å²) in [6.45, 7) is 0. The average molecular weight is 273 g/mol. The number of aromatic amines is 1. The first-order valence-electron chi connectivity index (χ1n) is 6.58. The van der Waals surface area contributed by atoms with Gasteiger partial charge in [-0.2, -0.15) is 10.4 Å². The smallest absolute Gasteiger partial charge is 0.162 e. The van der Waals surface area contributed by atoms with E-state index in [4.69, 9.17) is 5.26 Å². The van der Waals surface area contributed by atoms with Gasteiger partial charge in [0.2, 0.25) is 0 Å². The van der Waals surface area contributed by atoms with Crippen molar-refractivity contribution in [2.75, 3.05) is 0 Å². The molecule has 21 heavy (non-hydrogen) atoms. The zero-order chi connectivity index (χ0) is 14.4. The second-order valence-corrected chi connectivity index (χ2v) is 4.93. The first-order valence-corrected chi connectivity index (χ1v) is 6.58. The molecule has 100 valence electrons. The number of aromatic nitrogens is 4. The maximum Gasteiger partial charge on any atom is 0.162 e. The number of nitrogens with one attached hydrogen (secondary N) is 1. The number of nitrogens with zero attached hydrogens (tertiary/aromatic N) is 4. The Morgan fingerprint density at radius 2 is 2.05 bits per heavy atom. The van der Waals surface area contributed by atoms with E-state index in [9.17, 15) is 0 Å². The fourth-order valence-corrected chi connectivity index (χ4v) is 2.62. The zero-order valence-electron chi connectivity index (χ0n) is 11.3. The van der Waals surface area contributed by atoms with Crippen molar-refractivity contribution in [3.05, 3.63) is 48.0 Å². The quantitative estimate of drug-likeness (QED) is 0.579. The highest BCUT2D eigenvalue weighted by atomic mass is 15.2. The SMILES string of the molecule is Cn1c(-c2n[nH]c3cc(C#N)ccc23)nc2ccccc21. The first kappa shape index (κ1) is 11.7. The third kappa shape index (κ3) is 1.63. The van der Waals surface area contributed by atoms with Gasteiger partial charge in [0, 0.05) is 12.4 Å². The lowest BCUT2D eigenvalue weighted by Crippen LogP contribution is -1.93. The van der Waals surface area contributed by atoms with Crippen LogP contribution in [0.15, 0.2) is 42.5 Å². The van der Waals surface area contributed by atoms with Crippen LogP contribution in [-0.4, -0.2) is 19.7 Å². The molecule has 4 aromatic rings. The van der Waals surface area contributed by atoms with E-state index in [1.54, 1.807) is 12.1 Å². The highest BCUT2D eigenvalue weighted by Gasteiger charge is 2.15. The molecule has 2 aromatic heterocycles. The van der Waals surface area contributed by atoms with Crippen LogP contribution >= 0.6 is 0 Å². The summed E-state index contributed by atoms with van der Waals surface area (Å²) in [6.07, 6.45) is 0. The molecule has 0 unspecified atom stereocenters. The van der Waals surface area contributed by atoms with Crippen LogP contribution in [0.25, 0.3) is 33.5 Å². The van der Waals surface area contributed by atoms with Gasteiger partial charge in [-0.3, -0.25) is 5.10 Å². The largest absolute Gasteiger partial charge is 0.326 e. The summed E-state index contributed by atoms with van der Waals surface area (Å²) in [5.41, 5.74) is 4.27. The summed E-state index contributed by atoms with van der Waals surface area (Å²) in [6, 6.07) is 15.6. The second kappa shape index (κ2) is 4.18. The van der Waals surface area contributed by atoms with Crippen LogP contribution in [0.2, 0.25) is 0 Å². The molecule has 0 aliphatic carbocycles. The van der Waals surface area contributed by atoms with E-state index < -0.39 is 0 Å². The molecule has 2 aromatic carbocycles. The summed E-state index contributed by atoms with van der Waals surface area (Å²) in [7, 11) is 1.98. The summed E-state index contributed by atoms with van der Waals surface area (Å²) < 4.78 is 2.03. The van der Waals surface area contributed by atoms with E-state index in [1.807, 2.05) is 41.9 Å². The molecule has 0 saturated heterocycles. The Kier molecular flexibility index (Phi) is 2.33. The van der Waals surface area contributed by atoms with Crippen molar-refractivity contribution < 1.29 is 0 Å². The number of fused-ring (bicyclic) bond motifs is 2. The topological polar surface area (TPSA) is 70.3 Å². The van der Waals surface area contributed by atoms with Crippen molar-refractivity contribution >= 4 is 21.9 Å². The number of H-pyrrole nitrogens is 1. The minimum Gasteiger partial charge on any atom is -0.326 e. The monoisotopic (exact) mass is 273 g/mol. The molecule has 0 fully saturated rings. The minimum absolute atomic E-state index is 0.614. The summed E-state index contributed by atoms with van der Waals surface area (Å²) in [4.78, 5) is 4.66. The summed E-state index contributed by atoms with van der Waals surface area (Å²) in [5.74, 6) is 0.812. The van der Waals surface area contributed by atoms with E-state index in [2.05, 4.69) is 21.3 Å². The molecule has 0 atom stereocenters. The predicted molar refractivity (Wildman–Crippen MR) is 80.5 cm³/mol. The highest BCUT2D eigenvalue weighted by Crippen LogP contribution is 2.28. The van der Waals surface area contributed by atoms with Crippen LogP contribution in [0, 0.1) is 11.3 Å². The number of aryl methyl sites for hydroxylation is 1. The van der Waals surface area contributed by atoms with Crippen molar-refractivity contribution in [2.24, 2.45) is 7.05 Å². The van der Waals surface area contributed by atoms with Crippen molar-refractivity contribution in [1.82, 2.24) is 19.7 Å². The molecule has 0 radical (unpaired) electrons. The van der Waals surface area contributed by atoms with E-state index in [0.717, 1.165) is 33.5 Å². The molecule has 0 saturated carbocycles. The molecule has 5 heteroatoms. The number of hydrogen-bond acceptors (Lipinski definition) is 3. The van der Waals surface area contributed by atoms with E-state index in [-0.39, 0.29) is 0 Å². The lowest BCUT2D eigenvalue weighted by atomic mass is 10.1. The van der Waals surface area contributed by atoms with Crippen LogP contribution in [0.1, 0.15) is 5.56 Å². The van der Waals surface area contributed by atoms with Gasteiger partial charge in [0.25, 0.3) is 0 Å². The van der Waals surface area contributed by atoms with Gasteiger partial charge >= 0.3 is 0 Å². The third-order valence-corrected chi connectivity index (χ3v) is 3.69.